The lowest BCUT2D eigenvalue weighted by molar-refractivity contribution is -0.118. The SMILES string of the molecule is O=C1CCc2cc(OC3CCN(C4CCC4)CC3)ccc2C1. The van der Waals surface area contributed by atoms with Crippen LogP contribution in [0.25, 0.3) is 0 Å². The second-order valence-electron chi connectivity index (χ2n) is 7.08. The molecule has 0 unspecified atom stereocenters. The van der Waals surface area contributed by atoms with Crippen molar-refractivity contribution in [3.63, 3.8) is 0 Å². The molecule has 1 saturated heterocycles. The van der Waals surface area contributed by atoms with Crippen molar-refractivity contribution in [1.82, 2.24) is 4.90 Å². The number of piperidine rings is 1. The highest BCUT2D eigenvalue weighted by Crippen LogP contribution is 2.29. The third kappa shape index (κ3) is 2.91. The van der Waals surface area contributed by atoms with Crippen LogP contribution in [0, 0.1) is 0 Å². The second-order valence-corrected chi connectivity index (χ2v) is 7.08. The summed E-state index contributed by atoms with van der Waals surface area (Å²) in [4.78, 5) is 14.2. The normalized spacial score (nSPS) is 23.9. The van der Waals surface area contributed by atoms with Crippen LogP contribution in [0.3, 0.4) is 0 Å². The van der Waals surface area contributed by atoms with Gasteiger partial charge in [0.05, 0.1) is 0 Å². The van der Waals surface area contributed by atoms with Crippen LogP contribution in [0.4, 0.5) is 0 Å². The molecular weight excluding hydrogens is 274 g/mol. The number of carbonyl (C=O) groups excluding carboxylic acids is 1. The smallest absolute Gasteiger partial charge is 0.137 e. The molecule has 1 saturated carbocycles. The molecule has 0 spiro atoms. The largest absolute Gasteiger partial charge is 0.490 e. The molecule has 3 aliphatic rings. The minimum absolute atomic E-state index is 0.361. The van der Waals surface area contributed by atoms with Crippen molar-refractivity contribution in [3.8, 4) is 5.75 Å². The average Bonchev–Trinajstić information content (AvgIpc) is 2.48. The fourth-order valence-electron chi connectivity index (χ4n) is 3.96. The summed E-state index contributed by atoms with van der Waals surface area (Å²) in [6.45, 7) is 2.38. The number of hydrogen-bond acceptors (Lipinski definition) is 3. The molecule has 0 N–H and O–H groups in total. The monoisotopic (exact) mass is 299 g/mol. The van der Waals surface area contributed by atoms with Gasteiger partial charge in [0.15, 0.2) is 0 Å². The molecule has 2 fully saturated rings. The van der Waals surface area contributed by atoms with Gasteiger partial charge >= 0.3 is 0 Å². The minimum atomic E-state index is 0.361. The number of ketones is 1. The minimum Gasteiger partial charge on any atom is -0.490 e. The van der Waals surface area contributed by atoms with Crippen LogP contribution < -0.4 is 4.74 Å². The van der Waals surface area contributed by atoms with E-state index >= 15 is 0 Å². The number of aryl methyl sites for hydroxylation is 1. The van der Waals surface area contributed by atoms with Crippen LogP contribution >= 0.6 is 0 Å². The first kappa shape index (κ1) is 14.3. The second kappa shape index (κ2) is 6.04. The van der Waals surface area contributed by atoms with Gasteiger partial charge in [0.1, 0.15) is 17.6 Å². The molecule has 3 heteroatoms. The summed E-state index contributed by atoms with van der Waals surface area (Å²) in [5.74, 6) is 1.36. The van der Waals surface area contributed by atoms with Crippen molar-refractivity contribution in [2.24, 2.45) is 0 Å². The molecule has 2 aliphatic carbocycles. The Balaban J connectivity index is 1.35. The van der Waals surface area contributed by atoms with Crippen molar-refractivity contribution in [3.05, 3.63) is 29.3 Å². The number of nitrogens with zero attached hydrogens (tertiary/aromatic N) is 1. The Morgan fingerprint density at radius 3 is 2.55 bits per heavy atom. The van der Waals surface area contributed by atoms with E-state index in [1.165, 1.54) is 43.5 Å². The molecule has 1 aromatic carbocycles. The third-order valence-corrected chi connectivity index (χ3v) is 5.61. The maximum absolute atomic E-state index is 11.5. The van der Waals surface area contributed by atoms with E-state index in [0.29, 0.717) is 24.7 Å². The fraction of sp³-hybridized carbons (Fsp3) is 0.632. The summed E-state index contributed by atoms with van der Waals surface area (Å²) in [6, 6.07) is 7.17. The summed E-state index contributed by atoms with van der Waals surface area (Å²) >= 11 is 0. The van der Waals surface area contributed by atoms with E-state index in [9.17, 15) is 4.79 Å². The van der Waals surface area contributed by atoms with E-state index in [-0.39, 0.29) is 0 Å². The maximum Gasteiger partial charge on any atom is 0.137 e. The number of benzene rings is 1. The molecule has 4 rings (SSSR count). The highest BCUT2D eigenvalue weighted by molar-refractivity contribution is 5.83. The third-order valence-electron chi connectivity index (χ3n) is 5.61. The summed E-state index contributed by atoms with van der Waals surface area (Å²) < 4.78 is 6.22. The van der Waals surface area contributed by atoms with Crippen LogP contribution in [-0.4, -0.2) is 35.9 Å². The molecule has 118 valence electrons. The topological polar surface area (TPSA) is 29.5 Å². The van der Waals surface area contributed by atoms with Gasteiger partial charge in [-0.2, -0.15) is 0 Å². The molecule has 0 amide bonds. The van der Waals surface area contributed by atoms with Crippen molar-refractivity contribution >= 4 is 5.78 Å². The fourth-order valence-corrected chi connectivity index (χ4v) is 3.96. The van der Waals surface area contributed by atoms with E-state index in [1.807, 2.05) is 0 Å². The molecule has 1 aliphatic heterocycles. The summed E-state index contributed by atoms with van der Waals surface area (Å²) in [7, 11) is 0. The van der Waals surface area contributed by atoms with E-state index in [1.54, 1.807) is 0 Å². The Morgan fingerprint density at radius 2 is 1.82 bits per heavy atom. The van der Waals surface area contributed by atoms with Crippen molar-refractivity contribution in [1.29, 1.82) is 0 Å². The first-order valence-corrected chi connectivity index (χ1v) is 8.82. The van der Waals surface area contributed by atoms with Crippen molar-refractivity contribution in [2.75, 3.05) is 13.1 Å². The van der Waals surface area contributed by atoms with E-state index < -0.39 is 0 Å². The Kier molecular flexibility index (Phi) is 3.91. The van der Waals surface area contributed by atoms with Gasteiger partial charge in [0.2, 0.25) is 0 Å². The van der Waals surface area contributed by atoms with Gasteiger partial charge in [0.25, 0.3) is 0 Å². The predicted octanol–water partition coefficient (Wildman–Crippen LogP) is 3.14. The van der Waals surface area contributed by atoms with Gasteiger partial charge in [-0.1, -0.05) is 12.5 Å². The Morgan fingerprint density at radius 1 is 1.00 bits per heavy atom. The van der Waals surface area contributed by atoms with Gasteiger partial charge in [-0.15, -0.1) is 0 Å². The standard InChI is InChI=1S/C19H25NO2/c21-17-6-4-15-13-19(7-5-14(15)12-17)22-18-8-10-20(11-9-18)16-2-1-3-16/h5,7,13,16,18H,1-4,6,8-12H2. The number of Topliss-reactive ketones (excluding diaryl/α,β-unsaturated/α-hetero) is 1. The Hall–Kier alpha value is -1.35. The summed E-state index contributed by atoms with van der Waals surface area (Å²) in [5, 5.41) is 0. The van der Waals surface area contributed by atoms with Gasteiger partial charge in [-0.05, 0) is 55.4 Å². The van der Waals surface area contributed by atoms with Crippen LogP contribution in [0.5, 0.6) is 5.75 Å². The lowest BCUT2D eigenvalue weighted by atomic mass is 9.89. The Labute approximate surface area is 132 Å². The van der Waals surface area contributed by atoms with Gasteiger partial charge < -0.3 is 9.64 Å². The number of hydrogen-bond donors (Lipinski definition) is 0. The first-order valence-electron chi connectivity index (χ1n) is 8.82. The van der Waals surface area contributed by atoms with Crippen molar-refractivity contribution < 1.29 is 9.53 Å². The number of ether oxygens (including phenoxy) is 1. The molecule has 0 atom stereocenters. The van der Waals surface area contributed by atoms with E-state index in [4.69, 9.17) is 4.74 Å². The molecule has 1 aromatic rings. The average molecular weight is 299 g/mol. The zero-order valence-corrected chi connectivity index (χ0v) is 13.2. The molecular formula is C19H25NO2. The molecule has 1 heterocycles. The number of rotatable bonds is 3. The maximum atomic E-state index is 11.5. The van der Waals surface area contributed by atoms with Crippen LogP contribution in [-0.2, 0) is 17.6 Å². The van der Waals surface area contributed by atoms with E-state index in [0.717, 1.165) is 31.1 Å². The zero-order valence-electron chi connectivity index (χ0n) is 13.2. The quantitative estimate of drug-likeness (QED) is 0.859. The molecule has 0 bridgehead atoms. The first-order chi connectivity index (χ1) is 10.8. The summed E-state index contributed by atoms with van der Waals surface area (Å²) in [5.41, 5.74) is 2.51. The Bertz CT molecular complexity index is 557. The lowest BCUT2D eigenvalue weighted by Gasteiger charge is -2.41. The summed E-state index contributed by atoms with van der Waals surface area (Å²) in [6.07, 6.45) is 9.04. The van der Waals surface area contributed by atoms with Crippen LogP contribution in [0.1, 0.15) is 49.7 Å². The van der Waals surface area contributed by atoms with Gasteiger partial charge in [-0.25, -0.2) is 0 Å². The lowest BCUT2D eigenvalue weighted by Crippen LogP contribution is -2.46. The molecule has 3 nitrogen and oxygen atoms in total. The van der Waals surface area contributed by atoms with Gasteiger partial charge in [0, 0.05) is 32.0 Å². The predicted molar refractivity (Wildman–Crippen MR) is 86.3 cm³/mol. The highest BCUT2D eigenvalue weighted by Gasteiger charge is 2.29. The van der Waals surface area contributed by atoms with Crippen LogP contribution in [0.2, 0.25) is 0 Å². The number of fused-ring (bicyclic) bond motifs is 1. The zero-order chi connectivity index (χ0) is 14.9. The van der Waals surface area contributed by atoms with Crippen molar-refractivity contribution in [2.45, 2.75) is 63.5 Å². The van der Waals surface area contributed by atoms with E-state index in [2.05, 4.69) is 23.1 Å². The molecule has 0 aromatic heterocycles. The number of carbonyl (C=O) groups is 1. The number of likely N-dealkylation sites (tertiary alicyclic amines) is 1. The molecule has 22 heavy (non-hydrogen) atoms. The molecule has 0 radical (unpaired) electrons. The van der Waals surface area contributed by atoms with Crippen LogP contribution in [0.15, 0.2) is 18.2 Å². The van der Waals surface area contributed by atoms with Gasteiger partial charge in [-0.3, -0.25) is 4.79 Å². The highest BCUT2D eigenvalue weighted by atomic mass is 16.5.